The number of benzene rings is 1. The summed E-state index contributed by atoms with van der Waals surface area (Å²) in [6.45, 7) is 0. The lowest BCUT2D eigenvalue weighted by Crippen LogP contribution is -1.95. The Morgan fingerprint density at radius 3 is 2.69 bits per heavy atom. The second-order valence-electron chi connectivity index (χ2n) is 3.21. The fourth-order valence-corrected chi connectivity index (χ4v) is 2.97. The molecule has 1 aromatic heterocycles. The third kappa shape index (κ3) is 2.37. The SMILES string of the molecule is N=C(Sc1cccc(N)c1)c1sccc1N. The molecule has 82 valence electrons. The van der Waals surface area contributed by atoms with Gasteiger partial charge in [-0.15, -0.1) is 11.3 Å². The number of anilines is 2. The maximum Gasteiger partial charge on any atom is 0.111 e. The van der Waals surface area contributed by atoms with Gasteiger partial charge in [0.15, 0.2) is 0 Å². The molecule has 0 amide bonds. The lowest BCUT2D eigenvalue weighted by atomic mass is 10.3. The summed E-state index contributed by atoms with van der Waals surface area (Å²) < 4.78 is 0. The highest BCUT2D eigenvalue weighted by molar-refractivity contribution is 8.14. The van der Waals surface area contributed by atoms with Crippen molar-refractivity contribution in [1.29, 1.82) is 5.41 Å². The van der Waals surface area contributed by atoms with Gasteiger partial charge in [0.2, 0.25) is 0 Å². The van der Waals surface area contributed by atoms with Crippen LogP contribution >= 0.6 is 23.1 Å². The molecule has 0 aliphatic heterocycles. The smallest absolute Gasteiger partial charge is 0.111 e. The van der Waals surface area contributed by atoms with Crippen molar-refractivity contribution >= 4 is 39.5 Å². The van der Waals surface area contributed by atoms with Gasteiger partial charge in [0.05, 0.1) is 10.6 Å². The van der Waals surface area contributed by atoms with Crippen molar-refractivity contribution in [3.63, 3.8) is 0 Å². The Hall–Kier alpha value is -1.46. The van der Waals surface area contributed by atoms with Gasteiger partial charge in [-0.25, -0.2) is 0 Å². The van der Waals surface area contributed by atoms with E-state index in [1.54, 1.807) is 0 Å². The molecule has 0 unspecified atom stereocenters. The van der Waals surface area contributed by atoms with Crippen LogP contribution in [0.2, 0.25) is 0 Å². The van der Waals surface area contributed by atoms with E-state index in [1.807, 2.05) is 35.7 Å². The summed E-state index contributed by atoms with van der Waals surface area (Å²) in [5.41, 5.74) is 12.8. The number of nitrogen functional groups attached to an aromatic ring is 2. The number of hydrogen-bond donors (Lipinski definition) is 3. The van der Waals surface area contributed by atoms with Crippen molar-refractivity contribution in [1.82, 2.24) is 0 Å². The monoisotopic (exact) mass is 249 g/mol. The first kappa shape index (κ1) is 11.0. The van der Waals surface area contributed by atoms with Crippen molar-refractivity contribution in [3.8, 4) is 0 Å². The van der Waals surface area contributed by atoms with E-state index in [0.29, 0.717) is 16.4 Å². The zero-order valence-electron chi connectivity index (χ0n) is 8.44. The molecule has 3 nitrogen and oxygen atoms in total. The number of thiophene rings is 1. The molecular formula is C11H11N3S2. The molecule has 0 bridgehead atoms. The average Bonchev–Trinajstić information content (AvgIpc) is 2.64. The molecule has 5 heteroatoms. The maximum absolute atomic E-state index is 7.95. The van der Waals surface area contributed by atoms with Crippen molar-refractivity contribution in [2.24, 2.45) is 0 Å². The van der Waals surface area contributed by atoms with E-state index < -0.39 is 0 Å². The minimum atomic E-state index is 0.457. The highest BCUT2D eigenvalue weighted by Gasteiger charge is 2.09. The minimum absolute atomic E-state index is 0.457. The normalized spacial score (nSPS) is 10.2. The molecule has 0 radical (unpaired) electrons. The van der Waals surface area contributed by atoms with E-state index >= 15 is 0 Å². The summed E-state index contributed by atoms with van der Waals surface area (Å²) >= 11 is 2.84. The number of nitrogens with one attached hydrogen (secondary N) is 1. The van der Waals surface area contributed by atoms with Crippen LogP contribution in [0.3, 0.4) is 0 Å². The molecule has 1 aromatic carbocycles. The standard InChI is InChI=1S/C11H11N3S2/c12-7-2-1-3-8(6-7)16-11(14)10-9(13)4-5-15-10/h1-6,14H,12-13H2. The lowest BCUT2D eigenvalue weighted by Gasteiger charge is -2.03. The van der Waals surface area contributed by atoms with E-state index in [2.05, 4.69) is 0 Å². The summed E-state index contributed by atoms with van der Waals surface area (Å²) in [5.74, 6) is 0. The molecular weight excluding hydrogens is 238 g/mol. The number of rotatable bonds is 2. The molecule has 0 saturated heterocycles. The molecule has 2 rings (SSSR count). The number of nitrogens with two attached hydrogens (primary N) is 2. The molecule has 16 heavy (non-hydrogen) atoms. The zero-order valence-corrected chi connectivity index (χ0v) is 10.1. The summed E-state index contributed by atoms with van der Waals surface area (Å²) in [6, 6.07) is 9.30. The predicted octanol–water partition coefficient (Wildman–Crippen LogP) is 3.03. The fourth-order valence-electron chi connectivity index (χ4n) is 1.25. The van der Waals surface area contributed by atoms with E-state index in [0.717, 1.165) is 9.77 Å². The summed E-state index contributed by atoms with van der Waals surface area (Å²) in [4.78, 5) is 1.77. The third-order valence-corrected chi connectivity index (χ3v) is 3.95. The first-order valence-electron chi connectivity index (χ1n) is 4.62. The van der Waals surface area contributed by atoms with Crippen LogP contribution in [0.25, 0.3) is 0 Å². The zero-order chi connectivity index (χ0) is 11.5. The molecule has 0 fully saturated rings. The molecule has 0 aliphatic rings. The Balaban J connectivity index is 2.17. The van der Waals surface area contributed by atoms with Crippen LogP contribution < -0.4 is 11.5 Å². The maximum atomic E-state index is 7.95. The topological polar surface area (TPSA) is 75.9 Å². The molecule has 2 aromatic rings. The second kappa shape index (κ2) is 4.59. The fraction of sp³-hybridized carbons (Fsp3) is 0. The van der Waals surface area contributed by atoms with Gasteiger partial charge in [0, 0.05) is 10.6 Å². The van der Waals surface area contributed by atoms with Crippen LogP contribution in [0.4, 0.5) is 11.4 Å². The average molecular weight is 249 g/mol. The van der Waals surface area contributed by atoms with Crippen LogP contribution in [0.1, 0.15) is 4.88 Å². The van der Waals surface area contributed by atoms with Gasteiger partial charge in [0.25, 0.3) is 0 Å². The van der Waals surface area contributed by atoms with Gasteiger partial charge in [-0.2, -0.15) is 0 Å². The Labute approximate surface area is 102 Å². The molecule has 0 saturated carbocycles. The Morgan fingerprint density at radius 1 is 1.25 bits per heavy atom. The molecule has 5 N–H and O–H groups in total. The molecule has 0 atom stereocenters. The quantitative estimate of drug-likeness (QED) is 0.331. The Kier molecular flexibility index (Phi) is 3.17. The van der Waals surface area contributed by atoms with Gasteiger partial charge in [-0.05, 0) is 29.6 Å². The van der Waals surface area contributed by atoms with Gasteiger partial charge in [0.1, 0.15) is 5.04 Å². The third-order valence-electron chi connectivity index (χ3n) is 1.98. The number of hydrogen-bond acceptors (Lipinski definition) is 5. The predicted molar refractivity (Wildman–Crippen MR) is 72.3 cm³/mol. The van der Waals surface area contributed by atoms with Crippen LogP contribution in [0, 0.1) is 5.41 Å². The van der Waals surface area contributed by atoms with Gasteiger partial charge in [-0.1, -0.05) is 17.8 Å². The van der Waals surface area contributed by atoms with E-state index in [9.17, 15) is 0 Å². The second-order valence-corrected chi connectivity index (χ2v) is 5.21. The summed E-state index contributed by atoms with van der Waals surface area (Å²) in [7, 11) is 0. The van der Waals surface area contributed by atoms with Crippen molar-refractivity contribution in [3.05, 3.63) is 40.6 Å². The first-order valence-corrected chi connectivity index (χ1v) is 6.31. The summed E-state index contributed by atoms with van der Waals surface area (Å²) in [5, 5.41) is 10.3. The number of thioether (sulfide) groups is 1. The first-order chi connectivity index (χ1) is 7.66. The van der Waals surface area contributed by atoms with Crippen LogP contribution in [0.5, 0.6) is 0 Å². The van der Waals surface area contributed by atoms with Crippen molar-refractivity contribution in [2.75, 3.05) is 11.5 Å². The Morgan fingerprint density at radius 2 is 2.06 bits per heavy atom. The van der Waals surface area contributed by atoms with E-state index in [-0.39, 0.29) is 0 Å². The van der Waals surface area contributed by atoms with Gasteiger partial charge in [-0.3, -0.25) is 5.41 Å². The van der Waals surface area contributed by atoms with E-state index in [1.165, 1.54) is 23.1 Å². The highest BCUT2D eigenvalue weighted by Crippen LogP contribution is 2.29. The Bertz CT molecular complexity index is 519. The van der Waals surface area contributed by atoms with Gasteiger partial charge < -0.3 is 11.5 Å². The summed E-state index contributed by atoms with van der Waals surface area (Å²) in [6.07, 6.45) is 0. The highest BCUT2D eigenvalue weighted by atomic mass is 32.2. The van der Waals surface area contributed by atoms with Gasteiger partial charge >= 0.3 is 0 Å². The molecule has 0 aliphatic carbocycles. The van der Waals surface area contributed by atoms with E-state index in [4.69, 9.17) is 16.9 Å². The largest absolute Gasteiger partial charge is 0.399 e. The van der Waals surface area contributed by atoms with Crippen LogP contribution in [-0.4, -0.2) is 5.04 Å². The minimum Gasteiger partial charge on any atom is -0.399 e. The van der Waals surface area contributed by atoms with Crippen LogP contribution in [0.15, 0.2) is 40.6 Å². The van der Waals surface area contributed by atoms with Crippen LogP contribution in [-0.2, 0) is 0 Å². The molecule has 1 heterocycles. The van der Waals surface area contributed by atoms with Crippen molar-refractivity contribution < 1.29 is 0 Å². The lowest BCUT2D eigenvalue weighted by molar-refractivity contribution is 1.47. The van der Waals surface area contributed by atoms with Crippen molar-refractivity contribution in [2.45, 2.75) is 4.90 Å². The molecule has 0 spiro atoms.